The van der Waals surface area contributed by atoms with E-state index in [1.807, 2.05) is 26.0 Å². The third kappa shape index (κ3) is 2.39. The maximum absolute atomic E-state index is 11.1. The molecule has 0 aliphatic heterocycles. The lowest BCUT2D eigenvalue weighted by atomic mass is 10.3. The summed E-state index contributed by atoms with van der Waals surface area (Å²) in [4.78, 5) is 13.3. The van der Waals surface area contributed by atoms with Gasteiger partial charge in [-0.1, -0.05) is 0 Å². The molecule has 7 heteroatoms. The van der Waals surface area contributed by atoms with Gasteiger partial charge in [0.1, 0.15) is 5.69 Å². The number of carbonyl (C=O) groups is 1. The summed E-state index contributed by atoms with van der Waals surface area (Å²) in [5, 5.41) is 17.3. The van der Waals surface area contributed by atoms with E-state index >= 15 is 0 Å². The minimum atomic E-state index is -1.06. The summed E-state index contributed by atoms with van der Waals surface area (Å²) in [6.07, 6.45) is 0. The molecule has 0 atom stereocenters. The number of carboxylic acids is 1. The van der Waals surface area contributed by atoms with Crippen LogP contribution in [0.2, 0.25) is 0 Å². The minimum absolute atomic E-state index is 0.00644. The summed E-state index contributed by atoms with van der Waals surface area (Å²) in [5.41, 5.74) is 0.412. The second-order valence-corrected chi connectivity index (χ2v) is 6.18. The van der Waals surface area contributed by atoms with E-state index in [1.54, 1.807) is 0 Å². The number of rotatable bonds is 3. The first-order valence-electron chi connectivity index (χ1n) is 4.95. The third-order valence-electron chi connectivity index (χ3n) is 2.10. The average molecular weight is 316 g/mol. The molecular formula is C10H10BrN3O2S. The molecular weight excluding hydrogens is 306 g/mol. The highest BCUT2D eigenvalue weighted by Gasteiger charge is 2.21. The zero-order valence-electron chi connectivity index (χ0n) is 9.22. The van der Waals surface area contributed by atoms with Crippen LogP contribution < -0.4 is 0 Å². The van der Waals surface area contributed by atoms with Gasteiger partial charge in [0.25, 0.3) is 0 Å². The van der Waals surface area contributed by atoms with E-state index in [1.165, 1.54) is 16.1 Å². The van der Waals surface area contributed by atoms with Gasteiger partial charge in [0, 0.05) is 0 Å². The lowest BCUT2D eigenvalue weighted by Crippen LogP contribution is -2.06. The minimum Gasteiger partial charge on any atom is -0.476 e. The van der Waals surface area contributed by atoms with Gasteiger partial charge in [-0.25, -0.2) is 4.79 Å². The zero-order chi connectivity index (χ0) is 12.6. The fourth-order valence-electron chi connectivity index (χ4n) is 1.30. The number of hydrogen-bond donors (Lipinski definition) is 1. The van der Waals surface area contributed by atoms with Crippen LogP contribution in [0.1, 0.15) is 30.4 Å². The smallest absolute Gasteiger partial charge is 0.358 e. The van der Waals surface area contributed by atoms with Crippen LogP contribution in [-0.4, -0.2) is 26.1 Å². The van der Waals surface area contributed by atoms with Gasteiger partial charge >= 0.3 is 5.97 Å². The highest BCUT2D eigenvalue weighted by molar-refractivity contribution is 9.11. The van der Waals surface area contributed by atoms with Crippen LogP contribution in [0.15, 0.2) is 15.9 Å². The van der Waals surface area contributed by atoms with Crippen molar-refractivity contribution in [2.24, 2.45) is 0 Å². The van der Waals surface area contributed by atoms with Crippen molar-refractivity contribution in [2.45, 2.75) is 19.9 Å². The van der Waals surface area contributed by atoms with Gasteiger partial charge in [-0.3, -0.25) is 0 Å². The van der Waals surface area contributed by atoms with E-state index in [9.17, 15) is 4.79 Å². The molecule has 0 aliphatic rings. The Morgan fingerprint density at radius 3 is 2.65 bits per heavy atom. The van der Waals surface area contributed by atoms with Crippen molar-refractivity contribution in [3.8, 4) is 10.6 Å². The number of nitrogens with zero attached hydrogens (tertiary/aromatic N) is 3. The predicted octanol–water partition coefficient (Wildman–Crippen LogP) is 3.05. The SMILES string of the molecule is CC(C)n1nc(C(=O)O)c(-c2ccc(Br)s2)n1. The highest BCUT2D eigenvalue weighted by Crippen LogP contribution is 2.31. The molecule has 1 N–H and O–H groups in total. The molecule has 2 aromatic heterocycles. The van der Waals surface area contributed by atoms with Gasteiger partial charge in [0.05, 0.1) is 14.7 Å². The maximum Gasteiger partial charge on any atom is 0.358 e. The largest absolute Gasteiger partial charge is 0.476 e. The van der Waals surface area contributed by atoms with Gasteiger partial charge in [-0.15, -0.1) is 16.4 Å². The van der Waals surface area contributed by atoms with E-state index in [2.05, 4.69) is 26.1 Å². The van der Waals surface area contributed by atoms with E-state index in [-0.39, 0.29) is 11.7 Å². The zero-order valence-corrected chi connectivity index (χ0v) is 11.6. The lowest BCUT2D eigenvalue weighted by molar-refractivity contribution is 0.0690. The Labute approximate surface area is 110 Å². The number of carboxylic acid groups (broad SMARTS) is 1. The molecule has 2 heterocycles. The fraction of sp³-hybridized carbons (Fsp3) is 0.300. The van der Waals surface area contributed by atoms with Crippen molar-refractivity contribution >= 4 is 33.2 Å². The van der Waals surface area contributed by atoms with Crippen LogP contribution in [0.3, 0.4) is 0 Å². The molecule has 0 aromatic carbocycles. The van der Waals surface area contributed by atoms with Crippen molar-refractivity contribution in [2.75, 3.05) is 0 Å². The standard InChI is InChI=1S/C10H10BrN3O2S/c1-5(2)14-12-8(9(13-14)10(15)16)6-3-4-7(11)17-6/h3-5H,1-2H3,(H,15,16). The monoisotopic (exact) mass is 315 g/mol. The lowest BCUT2D eigenvalue weighted by Gasteiger charge is -2.00. The van der Waals surface area contributed by atoms with Crippen molar-refractivity contribution in [1.29, 1.82) is 0 Å². The Morgan fingerprint density at radius 1 is 1.47 bits per heavy atom. The third-order valence-corrected chi connectivity index (χ3v) is 3.73. The Balaban J connectivity index is 2.55. The van der Waals surface area contributed by atoms with E-state index in [0.717, 1.165) is 8.66 Å². The molecule has 0 fully saturated rings. The Bertz CT molecular complexity index is 562. The summed E-state index contributed by atoms with van der Waals surface area (Å²) in [7, 11) is 0. The van der Waals surface area contributed by atoms with Gasteiger partial charge in [0.2, 0.25) is 0 Å². The molecule has 5 nitrogen and oxygen atoms in total. The second-order valence-electron chi connectivity index (χ2n) is 3.72. The number of aromatic carboxylic acids is 1. The molecule has 0 unspecified atom stereocenters. The molecule has 0 spiro atoms. The number of aromatic nitrogens is 3. The van der Waals surface area contributed by atoms with E-state index in [0.29, 0.717) is 5.69 Å². The van der Waals surface area contributed by atoms with Gasteiger partial charge in [-0.05, 0) is 41.9 Å². The normalized spacial score (nSPS) is 11.1. The quantitative estimate of drug-likeness (QED) is 0.945. The molecule has 0 saturated heterocycles. The average Bonchev–Trinajstić information content (AvgIpc) is 2.82. The predicted molar refractivity (Wildman–Crippen MR) is 68.4 cm³/mol. The number of hydrogen-bond acceptors (Lipinski definition) is 4. The molecule has 0 aliphatic carbocycles. The molecule has 2 rings (SSSR count). The van der Waals surface area contributed by atoms with E-state index in [4.69, 9.17) is 5.11 Å². The van der Waals surface area contributed by atoms with Crippen LogP contribution in [0.25, 0.3) is 10.6 Å². The maximum atomic E-state index is 11.1. The number of thiophene rings is 1. The first-order chi connectivity index (χ1) is 7.99. The Kier molecular flexibility index (Phi) is 3.30. The van der Waals surface area contributed by atoms with Crippen LogP contribution in [0.4, 0.5) is 0 Å². The van der Waals surface area contributed by atoms with Crippen molar-refractivity contribution < 1.29 is 9.90 Å². The first kappa shape index (κ1) is 12.3. The molecule has 0 saturated carbocycles. The summed E-state index contributed by atoms with van der Waals surface area (Å²) in [6, 6.07) is 3.72. The Morgan fingerprint density at radius 2 is 2.18 bits per heavy atom. The summed E-state index contributed by atoms with van der Waals surface area (Å²) in [5.74, 6) is -1.06. The van der Waals surface area contributed by atoms with E-state index < -0.39 is 5.97 Å². The van der Waals surface area contributed by atoms with Gasteiger partial charge in [-0.2, -0.15) is 9.90 Å². The second kappa shape index (κ2) is 4.58. The van der Waals surface area contributed by atoms with Crippen molar-refractivity contribution in [3.63, 3.8) is 0 Å². The highest BCUT2D eigenvalue weighted by atomic mass is 79.9. The molecule has 17 heavy (non-hydrogen) atoms. The number of halogens is 1. The van der Waals surface area contributed by atoms with Crippen LogP contribution in [0, 0.1) is 0 Å². The summed E-state index contributed by atoms with van der Waals surface area (Å²) < 4.78 is 0.933. The topological polar surface area (TPSA) is 68.0 Å². The first-order valence-corrected chi connectivity index (χ1v) is 6.56. The van der Waals surface area contributed by atoms with Gasteiger partial charge in [0.15, 0.2) is 5.69 Å². The Hall–Kier alpha value is -1.21. The summed E-state index contributed by atoms with van der Waals surface area (Å²) in [6.45, 7) is 3.81. The fourth-order valence-corrected chi connectivity index (χ4v) is 2.68. The van der Waals surface area contributed by atoms with Crippen LogP contribution in [0.5, 0.6) is 0 Å². The molecule has 0 amide bonds. The molecule has 2 aromatic rings. The molecule has 0 bridgehead atoms. The molecule has 0 radical (unpaired) electrons. The van der Waals surface area contributed by atoms with Crippen molar-refractivity contribution in [1.82, 2.24) is 15.0 Å². The summed E-state index contributed by atoms with van der Waals surface area (Å²) >= 11 is 4.78. The molecule has 90 valence electrons. The van der Waals surface area contributed by atoms with Crippen LogP contribution in [-0.2, 0) is 0 Å². The van der Waals surface area contributed by atoms with Crippen molar-refractivity contribution in [3.05, 3.63) is 21.6 Å². The van der Waals surface area contributed by atoms with Crippen LogP contribution >= 0.6 is 27.3 Å². The van der Waals surface area contributed by atoms with Gasteiger partial charge < -0.3 is 5.11 Å².